The van der Waals surface area contributed by atoms with Crippen LogP contribution in [-0.2, 0) is 32.8 Å². The van der Waals surface area contributed by atoms with Gasteiger partial charge in [0.15, 0.2) is 17.9 Å². The maximum atomic E-state index is 13.7. The van der Waals surface area contributed by atoms with Crippen LogP contribution >= 0.6 is 7.37 Å². The highest BCUT2D eigenvalue weighted by atomic mass is 31.2. The standard InChI is InChI=1S/C25H35O7P/c1-33(26,18-11-5-2-6-12-18)32-21-20(19-17-27-24(29-19)13-7-3-8-14-24)28-23-22(21)30-25(31-23)15-9-4-10-16-25/h2,5-6,11-12,19-23H,3-4,7-10,13-17H2,1H3/t19-,20-,21+,22-,23-,33?/m1/s1. The molecule has 1 aromatic carbocycles. The third kappa shape index (κ3) is 4.24. The molecule has 6 rings (SSSR count). The third-order valence-electron chi connectivity index (χ3n) is 7.91. The predicted molar refractivity (Wildman–Crippen MR) is 122 cm³/mol. The van der Waals surface area contributed by atoms with Gasteiger partial charge in [0.25, 0.3) is 0 Å². The van der Waals surface area contributed by atoms with Crippen LogP contribution in [-0.4, -0.2) is 55.6 Å². The molecule has 0 bridgehead atoms. The molecule has 6 atom stereocenters. The second-order valence-corrected chi connectivity index (χ2v) is 12.7. The molecule has 8 heteroatoms. The van der Waals surface area contributed by atoms with Crippen LogP contribution in [0.4, 0.5) is 0 Å². The molecule has 0 N–H and O–H groups in total. The average Bonchev–Trinajstić information content (AvgIpc) is 3.48. The van der Waals surface area contributed by atoms with E-state index in [-0.39, 0.29) is 6.10 Å². The van der Waals surface area contributed by atoms with Gasteiger partial charge in [0.05, 0.1) is 6.61 Å². The largest absolute Gasteiger partial charge is 0.347 e. The van der Waals surface area contributed by atoms with E-state index in [0.29, 0.717) is 11.9 Å². The van der Waals surface area contributed by atoms with E-state index >= 15 is 0 Å². The van der Waals surface area contributed by atoms with Gasteiger partial charge in [-0.2, -0.15) is 0 Å². The van der Waals surface area contributed by atoms with Crippen molar-refractivity contribution < 1.29 is 32.8 Å². The molecule has 5 fully saturated rings. The van der Waals surface area contributed by atoms with Crippen LogP contribution in [0.1, 0.15) is 64.2 Å². The predicted octanol–water partition coefficient (Wildman–Crippen LogP) is 4.48. The minimum atomic E-state index is -3.13. The Morgan fingerprint density at radius 2 is 1.52 bits per heavy atom. The fraction of sp³-hybridized carbons (Fsp3) is 0.760. The van der Waals surface area contributed by atoms with Gasteiger partial charge in [0, 0.05) is 37.7 Å². The van der Waals surface area contributed by atoms with Gasteiger partial charge in [-0.25, -0.2) is 0 Å². The lowest BCUT2D eigenvalue weighted by atomic mass is 9.94. The zero-order valence-corrected chi connectivity index (χ0v) is 20.3. The summed E-state index contributed by atoms with van der Waals surface area (Å²) in [5.74, 6) is -1.13. The summed E-state index contributed by atoms with van der Waals surface area (Å²) >= 11 is 0. The lowest BCUT2D eigenvalue weighted by Crippen LogP contribution is -2.45. The molecular weight excluding hydrogens is 443 g/mol. The maximum Gasteiger partial charge on any atom is 0.229 e. The lowest BCUT2D eigenvalue weighted by Gasteiger charge is -2.36. The Morgan fingerprint density at radius 1 is 0.848 bits per heavy atom. The van der Waals surface area contributed by atoms with Gasteiger partial charge >= 0.3 is 0 Å². The Bertz CT molecular complexity index is 880. The average molecular weight is 479 g/mol. The number of hydrogen-bond acceptors (Lipinski definition) is 7. The van der Waals surface area contributed by atoms with E-state index in [4.69, 9.17) is 28.2 Å². The third-order valence-corrected chi connectivity index (χ3v) is 9.79. The summed E-state index contributed by atoms with van der Waals surface area (Å²) in [6.45, 7) is 2.11. The molecule has 0 amide bonds. The van der Waals surface area contributed by atoms with E-state index in [9.17, 15) is 4.57 Å². The molecule has 2 aliphatic carbocycles. The molecule has 1 unspecified atom stereocenters. The fourth-order valence-electron chi connectivity index (χ4n) is 6.19. The Hall–Kier alpha value is -0.790. The molecular formula is C25H35O7P. The molecule has 3 aliphatic heterocycles. The number of benzene rings is 1. The second-order valence-electron chi connectivity index (χ2n) is 10.3. The zero-order chi connectivity index (χ0) is 22.5. The van der Waals surface area contributed by atoms with Crippen molar-refractivity contribution >= 4 is 12.7 Å². The molecule has 0 aromatic heterocycles. The molecule has 7 nitrogen and oxygen atoms in total. The number of rotatable bonds is 4. The number of fused-ring (bicyclic) bond motifs is 1. The minimum absolute atomic E-state index is 0.302. The van der Waals surface area contributed by atoms with Crippen molar-refractivity contribution in [3.63, 3.8) is 0 Å². The quantitative estimate of drug-likeness (QED) is 0.591. The van der Waals surface area contributed by atoms with E-state index < -0.39 is 43.5 Å². The molecule has 0 radical (unpaired) electrons. The molecule has 3 saturated heterocycles. The van der Waals surface area contributed by atoms with Crippen LogP contribution in [0.25, 0.3) is 0 Å². The molecule has 3 heterocycles. The monoisotopic (exact) mass is 478 g/mol. The van der Waals surface area contributed by atoms with Gasteiger partial charge < -0.3 is 28.2 Å². The highest BCUT2D eigenvalue weighted by Gasteiger charge is 2.62. The maximum absolute atomic E-state index is 13.7. The van der Waals surface area contributed by atoms with Gasteiger partial charge in [-0.3, -0.25) is 4.57 Å². The van der Waals surface area contributed by atoms with E-state index in [1.165, 1.54) is 12.8 Å². The molecule has 182 valence electrons. The Morgan fingerprint density at radius 3 is 2.21 bits per heavy atom. The van der Waals surface area contributed by atoms with E-state index in [0.717, 1.165) is 51.4 Å². The van der Waals surface area contributed by atoms with Crippen molar-refractivity contribution in [3.8, 4) is 0 Å². The fourth-order valence-corrected chi connectivity index (χ4v) is 7.73. The number of hydrogen-bond donors (Lipinski definition) is 0. The van der Waals surface area contributed by atoms with Crippen molar-refractivity contribution in [2.24, 2.45) is 0 Å². The molecule has 33 heavy (non-hydrogen) atoms. The van der Waals surface area contributed by atoms with Gasteiger partial charge in [-0.15, -0.1) is 0 Å². The van der Waals surface area contributed by atoms with Crippen LogP contribution < -0.4 is 5.30 Å². The van der Waals surface area contributed by atoms with Gasteiger partial charge in [0.2, 0.25) is 7.37 Å². The summed E-state index contributed by atoms with van der Waals surface area (Å²) in [6, 6.07) is 9.38. The second kappa shape index (κ2) is 8.70. The Kier molecular flexibility index (Phi) is 5.98. The first-order chi connectivity index (χ1) is 16.0. The van der Waals surface area contributed by atoms with Gasteiger partial charge in [-0.05, 0) is 37.8 Å². The Balaban J connectivity index is 1.25. The SMILES string of the molecule is CP(=O)(O[C@@H]1[C@H]2OC3(CCCCC3)O[C@H]2O[C@@H]1[C@H]1COC2(CCCCC2)O1)c1ccccc1. The molecule has 5 aliphatic rings. The Labute approximate surface area is 195 Å². The van der Waals surface area contributed by atoms with Crippen molar-refractivity contribution in [1.82, 2.24) is 0 Å². The smallest absolute Gasteiger partial charge is 0.229 e. The summed E-state index contributed by atoms with van der Waals surface area (Å²) in [7, 11) is -3.13. The zero-order valence-electron chi connectivity index (χ0n) is 19.4. The van der Waals surface area contributed by atoms with E-state index in [1.54, 1.807) is 6.66 Å². The van der Waals surface area contributed by atoms with Crippen molar-refractivity contribution in [2.75, 3.05) is 13.3 Å². The highest BCUT2D eigenvalue weighted by Crippen LogP contribution is 2.52. The topological polar surface area (TPSA) is 72.5 Å². The molecule has 2 saturated carbocycles. The van der Waals surface area contributed by atoms with Crippen LogP contribution in [0.5, 0.6) is 0 Å². The van der Waals surface area contributed by atoms with Crippen LogP contribution in [0.2, 0.25) is 0 Å². The summed E-state index contributed by atoms with van der Waals surface area (Å²) in [5, 5.41) is 0.686. The van der Waals surface area contributed by atoms with E-state index in [2.05, 4.69) is 0 Å². The first-order valence-corrected chi connectivity index (χ1v) is 14.7. The highest BCUT2D eigenvalue weighted by molar-refractivity contribution is 7.66. The first-order valence-electron chi connectivity index (χ1n) is 12.6. The normalized spacial score (nSPS) is 39.0. The van der Waals surface area contributed by atoms with Crippen molar-refractivity contribution in [2.45, 2.75) is 106 Å². The lowest BCUT2D eigenvalue weighted by molar-refractivity contribution is -0.258. The van der Waals surface area contributed by atoms with Crippen molar-refractivity contribution in [1.29, 1.82) is 0 Å². The summed E-state index contributed by atoms with van der Waals surface area (Å²) in [6.07, 6.45) is 8.01. The summed E-state index contributed by atoms with van der Waals surface area (Å²) in [4.78, 5) is 0. The van der Waals surface area contributed by atoms with Crippen LogP contribution in [0, 0.1) is 0 Å². The van der Waals surface area contributed by atoms with Gasteiger partial charge in [0.1, 0.15) is 24.4 Å². The summed E-state index contributed by atoms with van der Waals surface area (Å²) < 4.78 is 52.2. The summed E-state index contributed by atoms with van der Waals surface area (Å²) in [5.41, 5.74) is 0. The number of ether oxygens (including phenoxy) is 5. The minimum Gasteiger partial charge on any atom is -0.347 e. The molecule has 2 spiro atoms. The van der Waals surface area contributed by atoms with Crippen LogP contribution in [0.3, 0.4) is 0 Å². The molecule has 1 aromatic rings. The van der Waals surface area contributed by atoms with E-state index in [1.807, 2.05) is 30.3 Å². The van der Waals surface area contributed by atoms with Crippen LogP contribution in [0.15, 0.2) is 30.3 Å². The first kappa shape index (κ1) is 22.7. The van der Waals surface area contributed by atoms with Gasteiger partial charge in [-0.1, -0.05) is 31.0 Å². The van der Waals surface area contributed by atoms with Crippen molar-refractivity contribution in [3.05, 3.63) is 30.3 Å².